The Hall–Kier alpha value is -2.45. The fraction of sp³-hybridized carbons (Fsp3) is 0.333. The Morgan fingerprint density at radius 2 is 2.09 bits per heavy atom. The van der Waals surface area contributed by atoms with Crippen molar-refractivity contribution in [3.63, 3.8) is 0 Å². The zero-order valence-corrected chi connectivity index (χ0v) is 19.6. The largest absolute Gasteiger partial charge is 0.486 e. The molecule has 4 rings (SSSR count). The van der Waals surface area contributed by atoms with Gasteiger partial charge in [0.25, 0.3) is 0 Å². The highest BCUT2D eigenvalue weighted by Gasteiger charge is 2.40. The van der Waals surface area contributed by atoms with E-state index in [0.717, 1.165) is 16.1 Å². The number of likely N-dealkylation sites (tertiary alicyclic amines) is 1. The quantitative estimate of drug-likeness (QED) is 0.549. The summed E-state index contributed by atoms with van der Waals surface area (Å²) < 4.78 is 6.03. The SMILES string of the molecule is Cc1sc(NC(=O)CN2CC[C@](C)(O)[C@@H](Oc3cccc(Cl)c3)C2)nc1-c1ccccc1. The van der Waals surface area contributed by atoms with E-state index < -0.39 is 11.7 Å². The van der Waals surface area contributed by atoms with Crippen LogP contribution in [0.4, 0.5) is 5.13 Å². The molecule has 2 aromatic carbocycles. The number of aliphatic hydroxyl groups is 1. The molecule has 0 radical (unpaired) electrons. The summed E-state index contributed by atoms with van der Waals surface area (Å²) in [6.45, 7) is 5.00. The minimum atomic E-state index is -0.994. The first kappa shape index (κ1) is 22.7. The van der Waals surface area contributed by atoms with Gasteiger partial charge in [-0.25, -0.2) is 4.98 Å². The topological polar surface area (TPSA) is 74.7 Å². The molecule has 1 aliphatic rings. The van der Waals surface area contributed by atoms with Crippen molar-refractivity contribution in [3.05, 3.63) is 64.5 Å². The van der Waals surface area contributed by atoms with Gasteiger partial charge < -0.3 is 15.2 Å². The maximum Gasteiger partial charge on any atom is 0.240 e. The summed E-state index contributed by atoms with van der Waals surface area (Å²) >= 11 is 7.51. The van der Waals surface area contributed by atoms with Crippen LogP contribution in [0, 0.1) is 6.92 Å². The Bertz CT molecular complexity index is 1090. The molecule has 2 heterocycles. The molecule has 0 unspecified atom stereocenters. The summed E-state index contributed by atoms with van der Waals surface area (Å²) in [5, 5.41) is 14.9. The highest BCUT2D eigenvalue weighted by Crippen LogP contribution is 2.31. The molecule has 8 heteroatoms. The minimum absolute atomic E-state index is 0.138. The fourth-order valence-electron chi connectivity index (χ4n) is 3.76. The van der Waals surface area contributed by atoms with Gasteiger partial charge in [0.2, 0.25) is 5.91 Å². The van der Waals surface area contributed by atoms with Crippen LogP contribution in [0.1, 0.15) is 18.2 Å². The number of hydrogen-bond donors (Lipinski definition) is 2. The lowest BCUT2D eigenvalue weighted by molar-refractivity contribution is -0.122. The van der Waals surface area contributed by atoms with Gasteiger partial charge in [0.15, 0.2) is 5.13 Å². The number of ether oxygens (including phenoxy) is 1. The average Bonchev–Trinajstić information content (AvgIpc) is 3.11. The van der Waals surface area contributed by atoms with Crippen molar-refractivity contribution >= 4 is 34.0 Å². The van der Waals surface area contributed by atoms with E-state index >= 15 is 0 Å². The van der Waals surface area contributed by atoms with Crippen molar-refractivity contribution in [1.82, 2.24) is 9.88 Å². The van der Waals surface area contributed by atoms with E-state index in [1.54, 1.807) is 25.1 Å². The van der Waals surface area contributed by atoms with Crippen molar-refractivity contribution in [1.29, 1.82) is 0 Å². The van der Waals surface area contributed by atoms with Crippen molar-refractivity contribution in [2.24, 2.45) is 0 Å². The molecule has 3 aromatic rings. The number of aryl methyl sites for hydroxylation is 1. The number of nitrogens with one attached hydrogen (secondary N) is 1. The molecule has 1 amide bonds. The zero-order chi connectivity index (χ0) is 22.7. The number of halogens is 1. The molecule has 6 nitrogen and oxygen atoms in total. The van der Waals surface area contributed by atoms with E-state index in [2.05, 4.69) is 10.3 Å². The molecule has 1 fully saturated rings. The predicted molar refractivity (Wildman–Crippen MR) is 128 cm³/mol. The van der Waals surface area contributed by atoms with Crippen LogP contribution in [0.5, 0.6) is 5.75 Å². The Kier molecular flexibility index (Phi) is 6.81. The second-order valence-corrected chi connectivity index (χ2v) is 9.88. The van der Waals surface area contributed by atoms with Gasteiger partial charge in [0, 0.05) is 28.6 Å². The monoisotopic (exact) mass is 471 g/mol. The van der Waals surface area contributed by atoms with Gasteiger partial charge in [0.1, 0.15) is 17.5 Å². The zero-order valence-electron chi connectivity index (χ0n) is 18.0. The standard InChI is InChI=1S/C24H26ClN3O3S/c1-16-22(17-7-4-3-5-8-17)27-23(32-16)26-21(29)15-28-12-11-24(2,30)20(14-28)31-19-10-6-9-18(25)13-19/h3-10,13,20,30H,11-12,14-15H2,1-2H3,(H,26,27,29)/t20-,24-/m0/s1. The van der Waals surface area contributed by atoms with Gasteiger partial charge in [0.05, 0.1) is 12.2 Å². The smallest absolute Gasteiger partial charge is 0.240 e. The Morgan fingerprint density at radius 1 is 1.31 bits per heavy atom. The lowest BCUT2D eigenvalue weighted by Crippen LogP contribution is -2.57. The van der Waals surface area contributed by atoms with Crippen molar-refractivity contribution < 1.29 is 14.6 Å². The van der Waals surface area contributed by atoms with Crippen LogP contribution in [-0.2, 0) is 4.79 Å². The van der Waals surface area contributed by atoms with Crippen molar-refractivity contribution in [2.45, 2.75) is 32.0 Å². The van der Waals surface area contributed by atoms with E-state index in [9.17, 15) is 9.90 Å². The second kappa shape index (κ2) is 9.58. The summed E-state index contributed by atoms with van der Waals surface area (Å²) in [5.41, 5.74) is 0.919. The Balaban J connectivity index is 1.38. The molecule has 0 spiro atoms. The molecular weight excluding hydrogens is 446 g/mol. The average molecular weight is 472 g/mol. The Labute approximate surface area is 196 Å². The number of hydrogen-bond acceptors (Lipinski definition) is 6. The second-order valence-electron chi connectivity index (χ2n) is 8.24. The van der Waals surface area contributed by atoms with Crippen LogP contribution in [0.15, 0.2) is 54.6 Å². The minimum Gasteiger partial charge on any atom is -0.486 e. The van der Waals surface area contributed by atoms with Crippen LogP contribution >= 0.6 is 22.9 Å². The maximum atomic E-state index is 12.7. The lowest BCUT2D eigenvalue weighted by atomic mass is 9.90. The third kappa shape index (κ3) is 5.48. The van der Waals surface area contributed by atoms with Gasteiger partial charge in [-0.05, 0) is 38.5 Å². The molecule has 0 bridgehead atoms. The summed E-state index contributed by atoms with van der Waals surface area (Å²) in [6, 6.07) is 17.0. The third-order valence-electron chi connectivity index (χ3n) is 5.58. The molecule has 0 aliphatic carbocycles. The van der Waals surface area contributed by atoms with E-state index in [-0.39, 0.29) is 12.5 Å². The van der Waals surface area contributed by atoms with Crippen LogP contribution < -0.4 is 10.1 Å². The summed E-state index contributed by atoms with van der Waals surface area (Å²) in [7, 11) is 0. The number of nitrogens with zero attached hydrogens (tertiary/aromatic N) is 2. The highest BCUT2D eigenvalue weighted by atomic mass is 35.5. The Morgan fingerprint density at radius 3 is 2.84 bits per heavy atom. The first-order valence-electron chi connectivity index (χ1n) is 10.5. The molecule has 1 saturated heterocycles. The molecule has 2 atom stereocenters. The van der Waals surface area contributed by atoms with E-state index in [1.807, 2.05) is 48.2 Å². The normalized spacial score (nSPS) is 21.3. The van der Waals surface area contributed by atoms with E-state index in [1.165, 1.54) is 11.3 Å². The van der Waals surface area contributed by atoms with Gasteiger partial charge >= 0.3 is 0 Å². The summed E-state index contributed by atoms with van der Waals surface area (Å²) in [5.74, 6) is 0.460. The molecule has 1 aromatic heterocycles. The van der Waals surface area contributed by atoms with Crippen molar-refractivity contribution in [2.75, 3.05) is 25.0 Å². The van der Waals surface area contributed by atoms with Crippen molar-refractivity contribution in [3.8, 4) is 17.0 Å². The predicted octanol–water partition coefficient (Wildman–Crippen LogP) is 4.61. The number of carbonyl (C=O) groups is 1. The summed E-state index contributed by atoms with van der Waals surface area (Å²) in [4.78, 5) is 20.3. The van der Waals surface area contributed by atoms with Crippen LogP contribution in [0.2, 0.25) is 5.02 Å². The third-order valence-corrected chi connectivity index (χ3v) is 6.70. The number of thiazole rings is 1. The molecular formula is C24H26ClN3O3S. The van der Waals surface area contributed by atoms with Gasteiger partial charge in [-0.15, -0.1) is 11.3 Å². The number of amides is 1. The molecule has 168 valence electrons. The van der Waals surface area contributed by atoms with E-state index in [4.69, 9.17) is 16.3 Å². The maximum absolute atomic E-state index is 12.7. The van der Waals surface area contributed by atoms with Crippen LogP contribution in [0.25, 0.3) is 11.3 Å². The number of aromatic nitrogens is 1. The van der Waals surface area contributed by atoms with Crippen LogP contribution in [0.3, 0.4) is 0 Å². The number of anilines is 1. The first-order valence-corrected chi connectivity index (χ1v) is 11.7. The lowest BCUT2D eigenvalue weighted by Gasteiger charge is -2.42. The number of benzene rings is 2. The fourth-order valence-corrected chi connectivity index (χ4v) is 4.79. The van der Waals surface area contributed by atoms with Gasteiger partial charge in [-0.1, -0.05) is 48.0 Å². The van der Waals surface area contributed by atoms with Gasteiger partial charge in [-0.3, -0.25) is 9.69 Å². The molecule has 32 heavy (non-hydrogen) atoms. The first-order chi connectivity index (χ1) is 15.3. The molecule has 0 saturated carbocycles. The highest BCUT2D eigenvalue weighted by molar-refractivity contribution is 7.16. The summed E-state index contributed by atoms with van der Waals surface area (Å²) in [6.07, 6.45) is 0.0225. The number of carbonyl (C=O) groups excluding carboxylic acids is 1. The van der Waals surface area contributed by atoms with E-state index in [0.29, 0.717) is 35.4 Å². The molecule has 1 aliphatic heterocycles. The van der Waals surface area contributed by atoms with Gasteiger partial charge in [-0.2, -0.15) is 0 Å². The number of piperidine rings is 1. The van der Waals surface area contributed by atoms with Crippen LogP contribution in [-0.4, -0.2) is 52.2 Å². The number of rotatable bonds is 6. The molecule has 2 N–H and O–H groups in total.